The highest BCUT2D eigenvalue weighted by molar-refractivity contribution is 5.16. The van der Waals surface area contributed by atoms with E-state index in [2.05, 4.69) is 4.98 Å². The fraction of sp³-hybridized carbons (Fsp3) is 0.182. The summed E-state index contributed by atoms with van der Waals surface area (Å²) in [6.07, 6.45) is -2.33. The molecule has 2 rings (SSSR count). The van der Waals surface area contributed by atoms with Gasteiger partial charge in [-0.1, -0.05) is 30.3 Å². The molecule has 16 heavy (non-hydrogen) atoms. The zero-order chi connectivity index (χ0) is 11.6. The minimum absolute atomic E-state index is 0.176. The van der Waals surface area contributed by atoms with Gasteiger partial charge in [0.25, 0.3) is 0 Å². The summed E-state index contributed by atoms with van der Waals surface area (Å²) in [4.78, 5) is 3.53. The highest BCUT2D eigenvalue weighted by Gasteiger charge is 2.34. The van der Waals surface area contributed by atoms with Gasteiger partial charge in [0.1, 0.15) is 5.69 Å². The van der Waals surface area contributed by atoms with Crippen molar-refractivity contribution < 1.29 is 13.2 Å². The van der Waals surface area contributed by atoms with Crippen molar-refractivity contribution >= 4 is 0 Å². The second-order valence-electron chi connectivity index (χ2n) is 3.39. The van der Waals surface area contributed by atoms with Gasteiger partial charge < -0.3 is 4.57 Å². The fourth-order valence-corrected chi connectivity index (χ4v) is 1.46. The first-order valence-corrected chi connectivity index (χ1v) is 4.68. The molecule has 0 aliphatic heterocycles. The molecule has 0 N–H and O–H groups in total. The summed E-state index contributed by atoms with van der Waals surface area (Å²) in [6, 6.07) is 8.96. The van der Waals surface area contributed by atoms with E-state index in [9.17, 15) is 13.2 Å². The molecular weight excluding hydrogens is 217 g/mol. The van der Waals surface area contributed by atoms with Crippen LogP contribution in [0.1, 0.15) is 11.3 Å². The van der Waals surface area contributed by atoms with Crippen LogP contribution in [0.25, 0.3) is 0 Å². The molecule has 0 radical (unpaired) electrons. The van der Waals surface area contributed by atoms with Crippen molar-refractivity contribution in [1.82, 2.24) is 9.55 Å². The molecule has 2 aromatic rings. The molecule has 1 heterocycles. The number of imidazole rings is 1. The molecule has 0 saturated heterocycles. The third kappa shape index (κ3) is 2.24. The number of rotatable bonds is 2. The van der Waals surface area contributed by atoms with Gasteiger partial charge in [-0.25, -0.2) is 4.98 Å². The van der Waals surface area contributed by atoms with Gasteiger partial charge in [-0.3, -0.25) is 0 Å². The first-order valence-electron chi connectivity index (χ1n) is 4.68. The quantitative estimate of drug-likeness (QED) is 0.769. The van der Waals surface area contributed by atoms with Gasteiger partial charge in [0, 0.05) is 6.54 Å². The normalized spacial score (nSPS) is 11.7. The molecule has 0 aliphatic rings. The first-order chi connectivity index (χ1) is 7.57. The standard InChI is InChI=1S/C11H9F3N2/c12-11(13,14)10-6-15-8-16(10)7-9-4-2-1-3-5-9/h1-6,8H,7H2. The third-order valence-corrected chi connectivity index (χ3v) is 2.20. The highest BCUT2D eigenvalue weighted by atomic mass is 19.4. The van der Waals surface area contributed by atoms with Crippen LogP contribution in [0.3, 0.4) is 0 Å². The van der Waals surface area contributed by atoms with E-state index in [0.717, 1.165) is 16.3 Å². The molecule has 0 saturated carbocycles. The monoisotopic (exact) mass is 226 g/mol. The van der Waals surface area contributed by atoms with Gasteiger partial charge in [-0.2, -0.15) is 13.2 Å². The summed E-state index contributed by atoms with van der Waals surface area (Å²) in [5.41, 5.74) is 0.0855. The molecule has 2 nitrogen and oxygen atoms in total. The van der Waals surface area contributed by atoms with Crippen molar-refractivity contribution in [1.29, 1.82) is 0 Å². The zero-order valence-corrected chi connectivity index (χ0v) is 8.28. The number of aromatic nitrogens is 2. The largest absolute Gasteiger partial charge is 0.433 e. The summed E-state index contributed by atoms with van der Waals surface area (Å²) < 4.78 is 38.7. The van der Waals surface area contributed by atoms with Crippen molar-refractivity contribution in [2.24, 2.45) is 0 Å². The lowest BCUT2D eigenvalue weighted by Gasteiger charge is -2.10. The van der Waals surface area contributed by atoms with Crippen LogP contribution in [-0.2, 0) is 12.7 Å². The summed E-state index contributed by atoms with van der Waals surface area (Å²) in [7, 11) is 0. The Morgan fingerprint density at radius 2 is 1.81 bits per heavy atom. The number of halogens is 3. The highest BCUT2D eigenvalue weighted by Crippen LogP contribution is 2.29. The van der Waals surface area contributed by atoms with Crippen molar-refractivity contribution in [3.8, 4) is 0 Å². The zero-order valence-electron chi connectivity index (χ0n) is 8.28. The summed E-state index contributed by atoms with van der Waals surface area (Å²) in [5, 5.41) is 0. The third-order valence-electron chi connectivity index (χ3n) is 2.20. The van der Waals surface area contributed by atoms with Crippen LogP contribution in [0.15, 0.2) is 42.9 Å². The predicted octanol–water partition coefficient (Wildman–Crippen LogP) is 2.95. The van der Waals surface area contributed by atoms with E-state index in [4.69, 9.17) is 0 Å². The van der Waals surface area contributed by atoms with Crippen molar-refractivity contribution in [3.05, 3.63) is 54.1 Å². The molecule has 84 valence electrons. The van der Waals surface area contributed by atoms with Crippen LogP contribution in [0.5, 0.6) is 0 Å². The molecule has 0 atom stereocenters. The first kappa shape index (κ1) is 10.7. The van der Waals surface area contributed by atoms with E-state index in [1.165, 1.54) is 6.33 Å². The predicted molar refractivity (Wildman–Crippen MR) is 52.8 cm³/mol. The lowest BCUT2D eigenvalue weighted by atomic mass is 10.2. The van der Waals surface area contributed by atoms with Gasteiger partial charge in [-0.05, 0) is 5.56 Å². The van der Waals surface area contributed by atoms with E-state index in [0.29, 0.717) is 0 Å². The maximum absolute atomic E-state index is 12.5. The molecule has 0 fully saturated rings. The van der Waals surface area contributed by atoms with Crippen LogP contribution in [-0.4, -0.2) is 9.55 Å². The van der Waals surface area contributed by atoms with Gasteiger partial charge in [0.15, 0.2) is 0 Å². The Morgan fingerprint density at radius 1 is 1.12 bits per heavy atom. The second kappa shape index (κ2) is 4.00. The van der Waals surface area contributed by atoms with Gasteiger partial charge in [0.05, 0.1) is 12.5 Å². The van der Waals surface area contributed by atoms with E-state index in [1.54, 1.807) is 24.3 Å². The molecule has 0 aliphatic carbocycles. The topological polar surface area (TPSA) is 17.8 Å². The Balaban J connectivity index is 2.26. The molecule has 0 spiro atoms. The summed E-state index contributed by atoms with van der Waals surface area (Å²) in [5.74, 6) is 0. The Bertz CT molecular complexity index is 460. The average molecular weight is 226 g/mol. The summed E-state index contributed by atoms with van der Waals surface area (Å²) in [6.45, 7) is 0.176. The van der Waals surface area contributed by atoms with Gasteiger partial charge in [0.2, 0.25) is 0 Å². The number of benzene rings is 1. The van der Waals surface area contributed by atoms with Crippen LogP contribution in [0, 0.1) is 0 Å². The van der Waals surface area contributed by atoms with E-state index in [-0.39, 0.29) is 6.54 Å². The number of alkyl halides is 3. The Hall–Kier alpha value is -1.78. The van der Waals surface area contributed by atoms with Crippen LogP contribution in [0.4, 0.5) is 13.2 Å². The Kier molecular flexibility index (Phi) is 2.68. The minimum Gasteiger partial charge on any atom is -0.323 e. The fourth-order valence-electron chi connectivity index (χ4n) is 1.46. The molecule has 0 bridgehead atoms. The van der Waals surface area contributed by atoms with Gasteiger partial charge >= 0.3 is 6.18 Å². The maximum atomic E-state index is 12.5. The van der Waals surface area contributed by atoms with Crippen molar-refractivity contribution in [2.75, 3.05) is 0 Å². The van der Waals surface area contributed by atoms with Crippen molar-refractivity contribution in [2.45, 2.75) is 12.7 Å². The van der Waals surface area contributed by atoms with E-state index in [1.807, 2.05) is 6.07 Å². The maximum Gasteiger partial charge on any atom is 0.433 e. The lowest BCUT2D eigenvalue weighted by Crippen LogP contribution is -2.13. The lowest BCUT2D eigenvalue weighted by molar-refractivity contribution is -0.143. The molecule has 0 unspecified atom stereocenters. The number of hydrogen-bond donors (Lipinski definition) is 0. The minimum atomic E-state index is -4.36. The molecule has 1 aromatic heterocycles. The van der Waals surface area contributed by atoms with Crippen LogP contribution in [0.2, 0.25) is 0 Å². The van der Waals surface area contributed by atoms with Crippen molar-refractivity contribution in [3.63, 3.8) is 0 Å². The number of nitrogens with zero attached hydrogens (tertiary/aromatic N) is 2. The van der Waals surface area contributed by atoms with Crippen LogP contribution >= 0.6 is 0 Å². The van der Waals surface area contributed by atoms with Gasteiger partial charge in [-0.15, -0.1) is 0 Å². The van der Waals surface area contributed by atoms with E-state index >= 15 is 0 Å². The smallest absolute Gasteiger partial charge is 0.323 e. The van der Waals surface area contributed by atoms with E-state index < -0.39 is 11.9 Å². The average Bonchev–Trinajstić information content (AvgIpc) is 2.67. The molecule has 5 heteroatoms. The molecule has 0 amide bonds. The Morgan fingerprint density at radius 3 is 2.44 bits per heavy atom. The number of hydrogen-bond acceptors (Lipinski definition) is 1. The SMILES string of the molecule is FC(F)(F)c1cncn1Cc1ccccc1. The Labute approximate surface area is 90.4 Å². The van der Waals surface area contributed by atoms with Crippen LogP contribution < -0.4 is 0 Å². The molecular formula is C11H9F3N2. The molecule has 1 aromatic carbocycles. The second-order valence-corrected chi connectivity index (χ2v) is 3.39. The summed E-state index contributed by atoms with van der Waals surface area (Å²) >= 11 is 0.